The molecule has 0 bridgehead atoms. The molecule has 1 aliphatic rings. The summed E-state index contributed by atoms with van der Waals surface area (Å²) in [6.45, 7) is 8.87. The highest BCUT2D eigenvalue weighted by Gasteiger charge is 2.27. The Morgan fingerprint density at radius 3 is 2.24 bits per heavy atom. The summed E-state index contributed by atoms with van der Waals surface area (Å²) in [5.74, 6) is 1.59. The zero-order valence-corrected chi connectivity index (χ0v) is 11.4. The number of hydrogen-bond acceptors (Lipinski definition) is 1. The predicted octanol–water partition coefficient (Wildman–Crippen LogP) is 3.91. The van der Waals surface area contributed by atoms with Gasteiger partial charge in [0.05, 0.1) is 0 Å². The molecular formula is C15H23NO. The van der Waals surface area contributed by atoms with Crippen LogP contribution in [-0.4, -0.2) is 10.9 Å². The molecule has 94 valence electrons. The Bertz CT molecular complexity index is 409. The fraction of sp³-hybridized carbons (Fsp3) is 0.667. The van der Waals surface area contributed by atoms with Crippen molar-refractivity contribution in [1.82, 2.24) is 4.57 Å². The minimum Gasteiger partial charge on any atom is -0.345 e. The maximum atomic E-state index is 11.0. The monoisotopic (exact) mass is 233 g/mol. The fourth-order valence-corrected chi connectivity index (χ4v) is 3.60. The van der Waals surface area contributed by atoms with Gasteiger partial charge in [0, 0.05) is 23.0 Å². The van der Waals surface area contributed by atoms with E-state index in [-0.39, 0.29) is 0 Å². The third-order valence-electron chi connectivity index (χ3n) is 4.17. The lowest BCUT2D eigenvalue weighted by Crippen LogP contribution is -2.24. The third kappa shape index (κ3) is 2.31. The second-order valence-electron chi connectivity index (χ2n) is 5.89. The maximum Gasteiger partial charge on any atom is 0.151 e. The van der Waals surface area contributed by atoms with Crippen LogP contribution in [0.2, 0.25) is 0 Å². The molecule has 2 unspecified atom stereocenters. The van der Waals surface area contributed by atoms with Gasteiger partial charge in [-0.25, -0.2) is 0 Å². The average molecular weight is 233 g/mol. The topological polar surface area (TPSA) is 22.0 Å². The number of hydrogen-bond donors (Lipinski definition) is 0. The summed E-state index contributed by atoms with van der Waals surface area (Å²) in [6, 6.07) is 2.61. The number of nitrogens with zero attached hydrogens (tertiary/aromatic N) is 1. The van der Waals surface area contributed by atoms with Gasteiger partial charge in [-0.15, -0.1) is 0 Å². The SMILES string of the molecule is Cc1cc(C=O)c(C)n1C1CC(C)CC(C)C1. The van der Waals surface area contributed by atoms with E-state index in [1.165, 1.54) is 25.0 Å². The minimum absolute atomic E-state index is 0.586. The van der Waals surface area contributed by atoms with Gasteiger partial charge < -0.3 is 4.57 Å². The van der Waals surface area contributed by atoms with Gasteiger partial charge in [-0.1, -0.05) is 13.8 Å². The largest absolute Gasteiger partial charge is 0.345 e. The Morgan fingerprint density at radius 1 is 1.18 bits per heavy atom. The number of aromatic nitrogens is 1. The first-order valence-electron chi connectivity index (χ1n) is 6.66. The lowest BCUT2D eigenvalue weighted by Gasteiger charge is -2.34. The Kier molecular flexibility index (Phi) is 3.41. The van der Waals surface area contributed by atoms with Gasteiger partial charge >= 0.3 is 0 Å². The molecule has 1 aromatic heterocycles. The van der Waals surface area contributed by atoms with E-state index in [1.807, 2.05) is 6.07 Å². The Hall–Kier alpha value is -1.05. The molecule has 0 N–H and O–H groups in total. The molecule has 1 aliphatic carbocycles. The summed E-state index contributed by atoms with van der Waals surface area (Å²) >= 11 is 0. The number of aldehydes is 1. The van der Waals surface area contributed by atoms with Crippen LogP contribution >= 0.6 is 0 Å². The molecule has 0 aliphatic heterocycles. The van der Waals surface area contributed by atoms with Crippen molar-refractivity contribution in [2.24, 2.45) is 11.8 Å². The van der Waals surface area contributed by atoms with Crippen LogP contribution < -0.4 is 0 Å². The Morgan fingerprint density at radius 2 is 1.76 bits per heavy atom. The van der Waals surface area contributed by atoms with Gasteiger partial charge in [0.2, 0.25) is 0 Å². The van der Waals surface area contributed by atoms with Crippen molar-refractivity contribution < 1.29 is 4.79 Å². The third-order valence-corrected chi connectivity index (χ3v) is 4.17. The molecule has 1 fully saturated rings. The quantitative estimate of drug-likeness (QED) is 0.710. The minimum atomic E-state index is 0.586. The van der Waals surface area contributed by atoms with Crippen molar-refractivity contribution in [2.75, 3.05) is 0 Å². The van der Waals surface area contributed by atoms with Crippen molar-refractivity contribution in [2.45, 2.75) is 53.0 Å². The number of rotatable bonds is 2. The van der Waals surface area contributed by atoms with E-state index in [4.69, 9.17) is 0 Å². The summed E-state index contributed by atoms with van der Waals surface area (Å²) in [4.78, 5) is 11.0. The van der Waals surface area contributed by atoms with Crippen molar-refractivity contribution in [3.63, 3.8) is 0 Å². The highest BCUT2D eigenvalue weighted by molar-refractivity contribution is 5.77. The lowest BCUT2D eigenvalue weighted by molar-refractivity contribution is 0.112. The second kappa shape index (κ2) is 4.67. The average Bonchev–Trinajstić information content (AvgIpc) is 2.52. The summed E-state index contributed by atoms with van der Waals surface area (Å²) in [6.07, 6.45) is 4.82. The van der Waals surface area contributed by atoms with Crippen LogP contribution in [-0.2, 0) is 0 Å². The molecular weight excluding hydrogens is 210 g/mol. The number of carbonyl (C=O) groups is 1. The molecule has 17 heavy (non-hydrogen) atoms. The van der Waals surface area contributed by atoms with E-state index < -0.39 is 0 Å². The van der Waals surface area contributed by atoms with E-state index >= 15 is 0 Å². The van der Waals surface area contributed by atoms with Crippen LogP contribution in [0.1, 0.15) is 60.9 Å². The molecule has 2 rings (SSSR count). The molecule has 0 radical (unpaired) electrons. The van der Waals surface area contributed by atoms with E-state index in [9.17, 15) is 4.79 Å². The Balaban J connectivity index is 2.33. The summed E-state index contributed by atoms with van der Waals surface area (Å²) in [7, 11) is 0. The van der Waals surface area contributed by atoms with Gasteiger partial charge in [0.15, 0.2) is 6.29 Å². The standard InChI is InChI=1S/C15H23NO/c1-10-5-11(2)7-15(6-10)16-12(3)8-14(9-17)13(16)4/h8-11,15H,5-7H2,1-4H3. The lowest BCUT2D eigenvalue weighted by atomic mass is 9.80. The molecule has 1 aromatic rings. The summed E-state index contributed by atoms with van der Waals surface area (Å²) in [5.41, 5.74) is 3.23. The predicted molar refractivity (Wildman–Crippen MR) is 70.5 cm³/mol. The van der Waals surface area contributed by atoms with E-state index in [0.29, 0.717) is 6.04 Å². The first kappa shape index (κ1) is 12.4. The number of carbonyl (C=O) groups excluding carboxylic acids is 1. The van der Waals surface area contributed by atoms with E-state index in [0.717, 1.165) is 29.4 Å². The molecule has 2 nitrogen and oxygen atoms in total. The van der Waals surface area contributed by atoms with Gasteiger partial charge in [0.1, 0.15) is 0 Å². The highest BCUT2D eigenvalue weighted by Crippen LogP contribution is 2.37. The van der Waals surface area contributed by atoms with Crippen LogP contribution in [0.15, 0.2) is 6.07 Å². The smallest absolute Gasteiger partial charge is 0.151 e. The first-order chi connectivity index (χ1) is 8.02. The molecule has 1 saturated carbocycles. The normalized spacial score (nSPS) is 29.3. The summed E-state index contributed by atoms with van der Waals surface area (Å²) in [5, 5.41) is 0. The maximum absolute atomic E-state index is 11.0. The van der Waals surface area contributed by atoms with Crippen molar-refractivity contribution >= 4 is 6.29 Å². The summed E-state index contributed by atoms with van der Waals surface area (Å²) < 4.78 is 2.38. The molecule has 0 spiro atoms. The van der Waals surface area contributed by atoms with Crippen molar-refractivity contribution in [3.05, 3.63) is 23.0 Å². The molecule has 2 atom stereocenters. The van der Waals surface area contributed by atoms with Crippen LogP contribution in [0.25, 0.3) is 0 Å². The fourth-order valence-electron chi connectivity index (χ4n) is 3.60. The van der Waals surface area contributed by atoms with Crippen LogP contribution in [0.5, 0.6) is 0 Å². The zero-order valence-electron chi connectivity index (χ0n) is 11.4. The van der Waals surface area contributed by atoms with Gasteiger partial charge in [-0.05, 0) is 51.0 Å². The number of aryl methyl sites for hydroxylation is 1. The molecule has 0 saturated heterocycles. The molecule has 0 aromatic carbocycles. The first-order valence-corrected chi connectivity index (χ1v) is 6.66. The van der Waals surface area contributed by atoms with Crippen LogP contribution in [0.4, 0.5) is 0 Å². The van der Waals surface area contributed by atoms with Gasteiger partial charge in [-0.2, -0.15) is 0 Å². The van der Waals surface area contributed by atoms with E-state index in [2.05, 4.69) is 32.3 Å². The molecule has 0 amide bonds. The van der Waals surface area contributed by atoms with Crippen LogP contribution in [0.3, 0.4) is 0 Å². The van der Waals surface area contributed by atoms with Gasteiger partial charge in [-0.3, -0.25) is 4.79 Å². The highest BCUT2D eigenvalue weighted by atomic mass is 16.1. The van der Waals surface area contributed by atoms with Crippen LogP contribution in [0, 0.1) is 25.7 Å². The Labute approximate surface area is 104 Å². The van der Waals surface area contributed by atoms with Gasteiger partial charge in [0.25, 0.3) is 0 Å². The zero-order chi connectivity index (χ0) is 12.6. The second-order valence-corrected chi connectivity index (χ2v) is 5.89. The molecule has 1 heterocycles. The van der Waals surface area contributed by atoms with Crippen molar-refractivity contribution in [3.8, 4) is 0 Å². The van der Waals surface area contributed by atoms with E-state index in [1.54, 1.807) is 0 Å². The van der Waals surface area contributed by atoms with Crippen molar-refractivity contribution in [1.29, 1.82) is 0 Å². The molecule has 2 heteroatoms.